The van der Waals surface area contributed by atoms with Crippen molar-refractivity contribution in [2.45, 2.75) is 19.9 Å². The van der Waals surface area contributed by atoms with Gasteiger partial charge in [-0.15, -0.1) is 0 Å². The summed E-state index contributed by atoms with van der Waals surface area (Å²) in [4.78, 5) is 33.9. The second kappa shape index (κ2) is 7.28. The van der Waals surface area contributed by atoms with E-state index in [0.717, 1.165) is 0 Å². The number of amides is 1. The number of ether oxygens (including phenoxy) is 3. The number of benzene rings is 1. The topological polar surface area (TPSA) is 90.9 Å². The number of hydrogen-bond acceptors (Lipinski definition) is 6. The summed E-state index contributed by atoms with van der Waals surface area (Å²) >= 11 is 0. The molecule has 1 aromatic carbocycles. The van der Waals surface area contributed by atoms with E-state index in [1.165, 1.54) is 46.3 Å². The lowest BCUT2D eigenvalue weighted by Crippen LogP contribution is -2.32. The number of nitrogens with one attached hydrogen (secondary N) is 1. The minimum atomic E-state index is -0.965. The molecule has 7 heteroatoms. The van der Waals surface area contributed by atoms with Gasteiger partial charge < -0.3 is 19.5 Å². The second-order valence-electron chi connectivity index (χ2n) is 4.16. The Morgan fingerprint density at radius 3 is 2.24 bits per heavy atom. The Labute approximate surface area is 122 Å². The van der Waals surface area contributed by atoms with Gasteiger partial charge in [-0.1, -0.05) is 6.07 Å². The smallest absolute Gasteiger partial charge is 0.333 e. The quantitative estimate of drug-likeness (QED) is 0.643. The van der Waals surface area contributed by atoms with Gasteiger partial charge in [-0.3, -0.25) is 9.59 Å². The maximum atomic E-state index is 11.7. The largest absolute Gasteiger partial charge is 0.493 e. The molecule has 0 unspecified atom stereocenters. The molecule has 0 heterocycles. The lowest BCUT2D eigenvalue weighted by Gasteiger charge is -2.17. The molecule has 7 nitrogen and oxygen atoms in total. The van der Waals surface area contributed by atoms with Gasteiger partial charge in [0.15, 0.2) is 17.5 Å². The fourth-order valence-corrected chi connectivity index (χ4v) is 1.70. The van der Waals surface area contributed by atoms with Gasteiger partial charge in [-0.05, 0) is 17.7 Å². The molecule has 1 aromatic rings. The number of methoxy groups -OCH3 is 2. The zero-order valence-corrected chi connectivity index (χ0v) is 12.3. The maximum absolute atomic E-state index is 11.7. The Balaban J connectivity index is 3.17. The molecule has 0 bridgehead atoms. The lowest BCUT2D eigenvalue weighted by molar-refractivity contribution is -0.145. The van der Waals surface area contributed by atoms with Crippen molar-refractivity contribution in [2.75, 3.05) is 14.2 Å². The molecule has 1 atom stereocenters. The highest BCUT2D eigenvalue weighted by atomic mass is 16.6. The minimum absolute atomic E-state index is 0.222. The van der Waals surface area contributed by atoms with Crippen LogP contribution in [0.1, 0.15) is 25.5 Å². The summed E-state index contributed by atoms with van der Waals surface area (Å²) in [5.74, 6) is -1.00. The first-order chi connectivity index (χ1) is 9.88. The molecule has 0 aliphatic rings. The molecular formula is C14H17NO6. The van der Waals surface area contributed by atoms with E-state index in [9.17, 15) is 14.4 Å². The lowest BCUT2D eigenvalue weighted by atomic mass is 10.1. The molecule has 0 aliphatic heterocycles. The van der Waals surface area contributed by atoms with E-state index in [-0.39, 0.29) is 17.4 Å². The highest BCUT2D eigenvalue weighted by Gasteiger charge is 2.24. The maximum Gasteiger partial charge on any atom is 0.333 e. The van der Waals surface area contributed by atoms with E-state index >= 15 is 0 Å². The van der Waals surface area contributed by atoms with E-state index in [1.54, 1.807) is 0 Å². The molecule has 0 saturated heterocycles. The van der Waals surface area contributed by atoms with Crippen LogP contribution in [0.5, 0.6) is 11.5 Å². The number of hydrogen-bond donors (Lipinski definition) is 1. The Bertz CT molecular complexity index is 554. The van der Waals surface area contributed by atoms with Crippen molar-refractivity contribution in [3.05, 3.63) is 23.8 Å². The van der Waals surface area contributed by atoms with Crippen molar-refractivity contribution in [1.29, 1.82) is 0 Å². The van der Waals surface area contributed by atoms with Crippen LogP contribution in [0.2, 0.25) is 0 Å². The highest BCUT2D eigenvalue weighted by molar-refractivity contribution is 5.84. The van der Waals surface area contributed by atoms with Crippen molar-refractivity contribution in [3.63, 3.8) is 0 Å². The monoisotopic (exact) mass is 295 g/mol. The number of esters is 2. The zero-order chi connectivity index (χ0) is 16.0. The number of carbonyl (C=O) groups is 3. The summed E-state index contributed by atoms with van der Waals surface area (Å²) < 4.78 is 14.7. The molecule has 0 aromatic heterocycles. The van der Waals surface area contributed by atoms with Crippen LogP contribution in [0.3, 0.4) is 0 Å². The molecule has 1 amide bonds. The predicted octanol–water partition coefficient (Wildman–Crippen LogP) is 0.971. The third-order valence-corrected chi connectivity index (χ3v) is 2.56. The highest BCUT2D eigenvalue weighted by Crippen LogP contribution is 2.30. The Kier molecular flexibility index (Phi) is 5.71. The summed E-state index contributed by atoms with van der Waals surface area (Å²) in [5.41, 5.74) is 0.449. The molecule has 1 N–H and O–H groups in total. The molecule has 1 rings (SSSR count). The normalized spacial score (nSPS) is 11.2. The van der Waals surface area contributed by atoms with E-state index < -0.39 is 18.0 Å². The molecule has 0 spiro atoms. The van der Waals surface area contributed by atoms with E-state index in [1.807, 2.05) is 0 Å². The van der Waals surface area contributed by atoms with Crippen molar-refractivity contribution < 1.29 is 28.6 Å². The van der Waals surface area contributed by atoms with Crippen LogP contribution in [0.15, 0.2) is 18.2 Å². The first-order valence-corrected chi connectivity index (χ1v) is 6.10. The SMILES string of the molecule is COC(=O)[C@H](NC(C)=O)c1ccc(OC(C)=O)c(OC)c1. The van der Waals surface area contributed by atoms with Gasteiger partial charge in [0.2, 0.25) is 5.91 Å². The third kappa shape index (κ3) is 4.48. The standard InChI is InChI=1S/C14H17NO6/c1-8(16)15-13(14(18)20-4)10-5-6-11(21-9(2)17)12(7-10)19-3/h5-7,13H,1-4H3,(H,15,16)/t13-/m1/s1. The van der Waals surface area contributed by atoms with Gasteiger partial charge in [-0.25, -0.2) is 4.79 Å². The van der Waals surface area contributed by atoms with Crippen LogP contribution in [0.25, 0.3) is 0 Å². The second-order valence-corrected chi connectivity index (χ2v) is 4.16. The van der Waals surface area contributed by atoms with E-state index in [2.05, 4.69) is 10.1 Å². The summed E-state index contributed by atoms with van der Waals surface area (Å²) in [6.07, 6.45) is 0. The summed E-state index contributed by atoms with van der Waals surface area (Å²) in [5, 5.41) is 2.48. The molecular weight excluding hydrogens is 278 g/mol. The van der Waals surface area contributed by atoms with E-state index in [4.69, 9.17) is 9.47 Å². The van der Waals surface area contributed by atoms with Gasteiger partial charge in [0.05, 0.1) is 14.2 Å². The van der Waals surface area contributed by atoms with Crippen molar-refractivity contribution in [3.8, 4) is 11.5 Å². The van der Waals surface area contributed by atoms with Crippen LogP contribution in [0.4, 0.5) is 0 Å². The van der Waals surface area contributed by atoms with E-state index in [0.29, 0.717) is 5.56 Å². The fraction of sp³-hybridized carbons (Fsp3) is 0.357. The summed E-state index contributed by atoms with van der Waals surface area (Å²) in [6, 6.07) is 3.55. The first kappa shape index (κ1) is 16.5. The van der Waals surface area contributed by atoms with Gasteiger partial charge in [-0.2, -0.15) is 0 Å². The van der Waals surface area contributed by atoms with Crippen LogP contribution in [-0.4, -0.2) is 32.1 Å². The Morgan fingerprint density at radius 1 is 1.10 bits per heavy atom. The van der Waals surface area contributed by atoms with Gasteiger partial charge in [0.1, 0.15) is 0 Å². The molecule has 114 valence electrons. The molecule has 0 saturated carbocycles. The molecule has 0 aliphatic carbocycles. The average molecular weight is 295 g/mol. The average Bonchev–Trinajstić information content (AvgIpc) is 2.43. The van der Waals surface area contributed by atoms with Crippen LogP contribution < -0.4 is 14.8 Å². The summed E-state index contributed by atoms with van der Waals surface area (Å²) in [7, 11) is 2.62. The van der Waals surface area contributed by atoms with Crippen LogP contribution in [0, 0.1) is 0 Å². The van der Waals surface area contributed by atoms with Crippen molar-refractivity contribution in [2.24, 2.45) is 0 Å². The molecule has 0 fully saturated rings. The van der Waals surface area contributed by atoms with Crippen molar-refractivity contribution >= 4 is 17.8 Å². The summed E-state index contributed by atoms with van der Waals surface area (Å²) in [6.45, 7) is 2.56. The van der Waals surface area contributed by atoms with Gasteiger partial charge in [0.25, 0.3) is 0 Å². The van der Waals surface area contributed by atoms with Gasteiger partial charge >= 0.3 is 11.9 Å². The fourth-order valence-electron chi connectivity index (χ4n) is 1.70. The first-order valence-electron chi connectivity index (χ1n) is 6.10. The van der Waals surface area contributed by atoms with Crippen LogP contribution in [-0.2, 0) is 19.1 Å². The third-order valence-electron chi connectivity index (χ3n) is 2.56. The van der Waals surface area contributed by atoms with Crippen molar-refractivity contribution in [1.82, 2.24) is 5.32 Å². The number of carbonyl (C=O) groups excluding carboxylic acids is 3. The Morgan fingerprint density at radius 2 is 1.76 bits per heavy atom. The van der Waals surface area contributed by atoms with Gasteiger partial charge in [0, 0.05) is 13.8 Å². The van der Waals surface area contributed by atoms with Crippen LogP contribution >= 0.6 is 0 Å². The zero-order valence-electron chi connectivity index (χ0n) is 12.3. The minimum Gasteiger partial charge on any atom is -0.493 e. The number of rotatable bonds is 5. The predicted molar refractivity (Wildman–Crippen MR) is 72.9 cm³/mol. The molecule has 21 heavy (non-hydrogen) atoms. The Hall–Kier alpha value is -2.57. The molecule has 0 radical (unpaired) electrons.